The summed E-state index contributed by atoms with van der Waals surface area (Å²) in [6.07, 6.45) is 3.11. The Morgan fingerprint density at radius 1 is 1.67 bits per heavy atom. The molecule has 0 radical (unpaired) electrons. The third kappa shape index (κ3) is 0.896. The highest BCUT2D eigenvalue weighted by atomic mass is 79.9. The van der Waals surface area contributed by atoms with Gasteiger partial charge in [0.25, 0.3) is 0 Å². The van der Waals surface area contributed by atoms with Gasteiger partial charge in [0.05, 0.1) is 12.4 Å². The summed E-state index contributed by atoms with van der Waals surface area (Å²) in [5, 5.41) is 16.1. The van der Waals surface area contributed by atoms with Crippen molar-refractivity contribution in [2.24, 2.45) is 7.05 Å². The zero-order chi connectivity index (χ0) is 8.72. The lowest BCUT2D eigenvalue weighted by molar-refractivity contribution is -0.580. The highest BCUT2D eigenvalue weighted by molar-refractivity contribution is 9.10. The van der Waals surface area contributed by atoms with Crippen LogP contribution in [0.1, 0.15) is 0 Å². The van der Waals surface area contributed by atoms with Crippen molar-refractivity contribution in [1.29, 1.82) is 0 Å². The number of pyridine rings is 1. The maximum absolute atomic E-state index is 11.2. The zero-order valence-corrected chi connectivity index (χ0v) is 7.95. The van der Waals surface area contributed by atoms with Crippen molar-refractivity contribution in [3.8, 4) is 0 Å². The third-order valence-electron chi connectivity index (χ3n) is 1.73. The van der Waals surface area contributed by atoms with Crippen molar-refractivity contribution in [2.75, 3.05) is 0 Å². The van der Waals surface area contributed by atoms with Gasteiger partial charge < -0.3 is 5.21 Å². The van der Waals surface area contributed by atoms with Gasteiger partial charge in [-0.25, -0.2) is 4.73 Å². The molecule has 0 aromatic carbocycles. The van der Waals surface area contributed by atoms with Crippen LogP contribution in [0.2, 0.25) is 0 Å². The van der Waals surface area contributed by atoms with Crippen LogP contribution in [0.3, 0.4) is 0 Å². The molecule has 0 aliphatic rings. The summed E-state index contributed by atoms with van der Waals surface area (Å²) in [5.41, 5.74) is 0.560. The normalized spacial score (nSPS) is 10.8. The van der Waals surface area contributed by atoms with Crippen LogP contribution in [0.5, 0.6) is 0 Å². The maximum Gasteiger partial charge on any atom is 0.314 e. The molecule has 0 bridgehead atoms. The third-order valence-corrected chi connectivity index (χ3v) is 2.42. The fourth-order valence-electron chi connectivity index (χ4n) is 1.15. The molecule has 0 atom stereocenters. The molecule has 2 aromatic heterocycles. The molecule has 0 N–H and O–H groups in total. The Kier molecular flexibility index (Phi) is 1.54. The summed E-state index contributed by atoms with van der Waals surface area (Å²) in [7, 11) is 1.74. The molecule has 0 aliphatic carbocycles. The number of rotatable bonds is 0. The van der Waals surface area contributed by atoms with Crippen LogP contribution in [0, 0.1) is 5.21 Å². The minimum absolute atomic E-state index is 0.560. The van der Waals surface area contributed by atoms with Crippen molar-refractivity contribution >= 4 is 27.0 Å². The van der Waals surface area contributed by atoms with E-state index in [9.17, 15) is 5.21 Å². The molecule has 0 aliphatic heterocycles. The van der Waals surface area contributed by atoms with Crippen LogP contribution in [-0.2, 0) is 7.05 Å². The van der Waals surface area contributed by atoms with Crippen LogP contribution in [-0.4, -0.2) is 9.78 Å². The molecular weight excluding hydrogens is 222 g/mol. The average Bonchev–Trinajstić information content (AvgIpc) is 2.42. The van der Waals surface area contributed by atoms with Crippen molar-refractivity contribution in [2.45, 2.75) is 0 Å². The van der Waals surface area contributed by atoms with Gasteiger partial charge in [-0.3, -0.25) is 0 Å². The molecule has 4 nitrogen and oxygen atoms in total. The topological polar surface area (TPSA) is 44.8 Å². The Morgan fingerprint density at radius 3 is 3.08 bits per heavy atom. The van der Waals surface area contributed by atoms with Crippen LogP contribution >= 0.6 is 15.9 Å². The number of nitrogens with zero attached hydrogens (tertiary/aromatic N) is 3. The van der Waals surface area contributed by atoms with E-state index in [2.05, 4.69) is 21.0 Å². The Bertz CT molecular complexity index is 437. The second-order valence-electron chi connectivity index (χ2n) is 2.49. The van der Waals surface area contributed by atoms with Gasteiger partial charge in [0.15, 0.2) is 0 Å². The first-order valence-corrected chi connectivity index (χ1v) is 4.19. The second kappa shape index (κ2) is 2.45. The van der Waals surface area contributed by atoms with Gasteiger partial charge in [0.2, 0.25) is 0 Å². The molecule has 2 rings (SSSR count). The van der Waals surface area contributed by atoms with Crippen LogP contribution in [0.25, 0.3) is 11.0 Å². The fraction of sp³-hybridized carbons (Fsp3) is 0.143. The minimum atomic E-state index is 0.560. The smallest absolute Gasteiger partial charge is 0.314 e. The van der Waals surface area contributed by atoms with Crippen molar-refractivity contribution in [3.05, 3.63) is 28.1 Å². The number of aromatic nitrogens is 3. The van der Waals surface area contributed by atoms with E-state index in [4.69, 9.17) is 0 Å². The fourth-order valence-corrected chi connectivity index (χ4v) is 1.55. The number of aryl methyl sites for hydroxylation is 1. The van der Waals surface area contributed by atoms with Crippen molar-refractivity contribution in [1.82, 2.24) is 9.78 Å². The van der Waals surface area contributed by atoms with Crippen LogP contribution in [0.4, 0.5) is 0 Å². The van der Waals surface area contributed by atoms with E-state index >= 15 is 0 Å². The lowest BCUT2D eigenvalue weighted by Crippen LogP contribution is -2.28. The summed E-state index contributed by atoms with van der Waals surface area (Å²) < 4.78 is 3.23. The largest absolute Gasteiger partial charge is 0.711 e. The van der Waals surface area contributed by atoms with E-state index in [0.717, 1.165) is 14.6 Å². The molecule has 0 saturated heterocycles. The second-order valence-corrected chi connectivity index (χ2v) is 3.35. The predicted molar refractivity (Wildman–Crippen MR) is 47.4 cm³/mol. The number of halogens is 1. The first-order chi connectivity index (χ1) is 5.70. The van der Waals surface area contributed by atoms with Gasteiger partial charge >= 0.3 is 5.65 Å². The molecule has 12 heavy (non-hydrogen) atoms. The average molecular weight is 228 g/mol. The Morgan fingerprint density at radius 2 is 2.42 bits per heavy atom. The summed E-state index contributed by atoms with van der Waals surface area (Å²) in [6, 6.07) is 1.71. The first kappa shape index (κ1) is 7.54. The highest BCUT2D eigenvalue weighted by Crippen LogP contribution is 2.19. The van der Waals surface area contributed by atoms with Crippen LogP contribution in [0.15, 0.2) is 22.9 Å². The summed E-state index contributed by atoms with van der Waals surface area (Å²) in [6.45, 7) is 0. The maximum atomic E-state index is 11.2. The lowest BCUT2D eigenvalue weighted by Gasteiger charge is -2.02. The quantitative estimate of drug-likeness (QED) is 0.498. The van der Waals surface area contributed by atoms with E-state index in [0.29, 0.717) is 5.65 Å². The standard InChI is InChI=1S/C7H6BrN3O/c1-10-7-5(4-9-10)6(8)2-3-11(7)12/h2-4H,1H3. The predicted octanol–water partition coefficient (Wildman–Crippen LogP) is 0.969. The summed E-state index contributed by atoms with van der Waals surface area (Å²) in [5.74, 6) is 0. The first-order valence-electron chi connectivity index (χ1n) is 3.39. The summed E-state index contributed by atoms with van der Waals surface area (Å²) >= 11 is 3.34. The SMILES string of the molecule is Cn1ncc2c(Br)cc[n+]([O-])c21. The molecule has 5 heteroatoms. The van der Waals surface area contributed by atoms with Crippen molar-refractivity contribution < 1.29 is 4.73 Å². The molecule has 0 spiro atoms. The molecule has 0 amide bonds. The molecule has 0 unspecified atom stereocenters. The highest BCUT2D eigenvalue weighted by Gasteiger charge is 2.11. The van der Waals surface area contributed by atoms with E-state index in [-0.39, 0.29) is 0 Å². The molecule has 2 aromatic rings. The van der Waals surface area contributed by atoms with E-state index in [1.54, 1.807) is 24.0 Å². The molecule has 0 fully saturated rings. The lowest BCUT2D eigenvalue weighted by atomic mass is 10.4. The van der Waals surface area contributed by atoms with E-state index < -0.39 is 0 Å². The van der Waals surface area contributed by atoms with Gasteiger partial charge in [-0.05, 0) is 22.0 Å². The Labute approximate surface area is 77.1 Å². The molecule has 2 heterocycles. The molecular formula is C7H6BrN3O. The number of fused-ring (bicyclic) bond motifs is 1. The Balaban J connectivity index is 2.98. The zero-order valence-electron chi connectivity index (χ0n) is 6.36. The van der Waals surface area contributed by atoms with Gasteiger partial charge in [0, 0.05) is 4.47 Å². The number of hydrogen-bond acceptors (Lipinski definition) is 2. The molecule has 0 saturated carbocycles. The number of hydrogen-bond donors (Lipinski definition) is 0. The minimum Gasteiger partial charge on any atom is -0.711 e. The summed E-state index contributed by atoms with van der Waals surface area (Å²) in [4.78, 5) is 0. The van der Waals surface area contributed by atoms with Gasteiger partial charge in [-0.1, -0.05) is 5.10 Å². The van der Waals surface area contributed by atoms with E-state index in [1.807, 2.05) is 0 Å². The van der Waals surface area contributed by atoms with Crippen molar-refractivity contribution in [3.63, 3.8) is 0 Å². The van der Waals surface area contributed by atoms with E-state index in [1.165, 1.54) is 6.20 Å². The molecule has 62 valence electrons. The van der Waals surface area contributed by atoms with Gasteiger partial charge in [0.1, 0.15) is 12.4 Å². The van der Waals surface area contributed by atoms with Gasteiger partial charge in [-0.2, -0.15) is 0 Å². The Hall–Kier alpha value is -1.10. The van der Waals surface area contributed by atoms with Gasteiger partial charge in [-0.15, -0.1) is 4.68 Å². The monoisotopic (exact) mass is 227 g/mol. The van der Waals surface area contributed by atoms with Crippen LogP contribution < -0.4 is 4.73 Å².